The van der Waals surface area contributed by atoms with Gasteiger partial charge in [-0.25, -0.2) is 4.39 Å². The monoisotopic (exact) mass is 602 g/mol. The van der Waals surface area contributed by atoms with Gasteiger partial charge in [0.2, 0.25) is 0 Å². The molecule has 43 heavy (non-hydrogen) atoms. The minimum absolute atomic E-state index is 0.0484. The number of esters is 1. The molecule has 5 saturated carbocycles. The van der Waals surface area contributed by atoms with Crippen molar-refractivity contribution >= 4 is 17.9 Å². The molecule has 0 saturated heterocycles. The number of carbonyl (C=O) groups excluding carboxylic acids is 1. The molecular formula is C36H55FO6. The van der Waals surface area contributed by atoms with Crippen LogP contribution in [0.5, 0.6) is 0 Å². The molecule has 0 amide bonds. The van der Waals surface area contributed by atoms with Crippen molar-refractivity contribution in [3.8, 4) is 0 Å². The number of allylic oxidation sites excluding steroid dienone is 1. The lowest BCUT2D eigenvalue weighted by Crippen LogP contribution is -2.68. The Morgan fingerprint density at radius 2 is 1.56 bits per heavy atom. The molecule has 11 atom stereocenters. The molecule has 0 aliphatic heterocycles. The van der Waals surface area contributed by atoms with Gasteiger partial charge in [0, 0.05) is 5.41 Å². The van der Waals surface area contributed by atoms with Crippen molar-refractivity contribution in [2.45, 2.75) is 132 Å². The van der Waals surface area contributed by atoms with Gasteiger partial charge in [0.25, 0.3) is 0 Å². The summed E-state index contributed by atoms with van der Waals surface area (Å²) in [4.78, 5) is 37.4. The lowest BCUT2D eigenvalue weighted by atomic mass is 9.32. The van der Waals surface area contributed by atoms with E-state index in [0.29, 0.717) is 18.8 Å². The normalized spacial score (nSPS) is 46.9. The summed E-state index contributed by atoms with van der Waals surface area (Å²) in [5, 5.41) is 20.1. The number of halogens is 1. The first kappa shape index (κ1) is 32.5. The van der Waals surface area contributed by atoms with Crippen LogP contribution in [0.2, 0.25) is 0 Å². The van der Waals surface area contributed by atoms with Gasteiger partial charge in [-0.1, -0.05) is 46.8 Å². The highest BCUT2D eigenvalue weighted by molar-refractivity contribution is 5.81. The third kappa shape index (κ3) is 4.39. The number of aliphatic carboxylic acids is 2. The van der Waals surface area contributed by atoms with Gasteiger partial charge in [-0.15, -0.1) is 0 Å². The van der Waals surface area contributed by atoms with E-state index in [1.54, 1.807) is 0 Å². The smallest absolute Gasteiger partial charge is 0.309 e. The van der Waals surface area contributed by atoms with Gasteiger partial charge in [-0.05, 0) is 124 Å². The van der Waals surface area contributed by atoms with Crippen LogP contribution in [-0.4, -0.2) is 40.4 Å². The Morgan fingerprint density at radius 1 is 0.907 bits per heavy atom. The number of fused-ring (bicyclic) bond motifs is 7. The van der Waals surface area contributed by atoms with Gasteiger partial charge in [0.05, 0.1) is 17.3 Å². The third-order valence-corrected chi connectivity index (χ3v) is 14.8. The molecule has 0 aromatic carbocycles. The van der Waals surface area contributed by atoms with Crippen LogP contribution >= 0.6 is 0 Å². The van der Waals surface area contributed by atoms with E-state index in [9.17, 15) is 24.6 Å². The van der Waals surface area contributed by atoms with E-state index in [0.717, 1.165) is 50.5 Å². The summed E-state index contributed by atoms with van der Waals surface area (Å²) in [6.45, 7) is 20.6. The zero-order chi connectivity index (χ0) is 32.1. The van der Waals surface area contributed by atoms with Gasteiger partial charge in [0.15, 0.2) is 0 Å². The maximum absolute atomic E-state index is 16.4. The molecule has 5 fully saturated rings. The number of rotatable bonds is 6. The van der Waals surface area contributed by atoms with Gasteiger partial charge in [-0.3, -0.25) is 14.4 Å². The van der Waals surface area contributed by atoms with Crippen molar-refractivity contribution in [1.82, 2.24) is 0 Å². The predicted molar refractivity (Wildman–Crippen MR) is 163 cm³/mol. The number of carbonyl (C=O) groups is 3. The van der Waals surface area contributed by atoms with Crippen molar-refractivity contribution in [1.29, 1.82) is 0 Å². The Morgan fingerprint density at radius 3 is 2.14 bits per heavy atom. The van der Waals surface area contributed by atoms with Crippen LogP contribution in [0, 0.1) is 62.1 Å². The first-order valence-electron chi connectivity index (χ1n) is 16.6. The Balaban J connectivity index is 1.45. The van der Waals surface area contributed by atoms with E-state index in [-0.39, 0.29) is 46.3 Å². The van der Waals surface area contributed by atoms with E-state index in [1.807, 2.05) is 13.8 Å². The van der Waals surface area contributed by atoms with Gasteiger partial charge in [-0.2, -0.15) is 0 Å². The van der Waals surface area contributed by atoms with Crippen LogP contribution in [0.1, 0.15) is 120 Å². The molecule has 7 heteroatoms. The van der Waals surface area contributed by atoms with E-state index in [1.165, 1.54) is 13.8 Å². The van der Waals surface area contributed by atoms with Crippen molar-refractivity contribution < 1.29 is 33.7 Å². The molecule has 5 aliphatic rings. The molecule has 5 rings (SSSR count). The fourth-order valence-corrected chi connectivity index (χ4v) is 12.4. The fourth-order valence-electron chi connectivity index (χ4n) is 12.4. The van der Waals surface area contributed by atoms with Crippen LogP contribution in [0.3, 0.4) is 0 Å². The van der Waals surface area contributed by atoms with Crippen molar-refractivity contribution in [3.63, 3.8) is 0 Å². The minimum Gasteiger partial charge on any atom is -0.481 e. The van der Waals surface area contributed by atoms with E-state index < -0.39 is 46.4 Å². The van der Waals surface area contributed by atoms with Crippen LogP contribution in [-0.2, 0) is 19.1 Å². The summed E-state index contributed by atoms with van der Waals surface area (Å²) in [6, 6.07) is 0. The largest absolute Gasteiger partial charge is 0.481 e. The molecule has 0 bridgehead atoms. The Bertz CT molecular complexity index is 1210. The van der Waals surface area contributed by atoms with E-state index in [2.05, 4.69) is 34.3 Å². The minimum atomic E-state index is -1.34. The Labute approximate surface area is 257 Å². The molecule has 6 nitrogen and oxygen atoms in total. The first-order valence-corrected chi connectivity index (χ1v) is 16.6. The number of carboxylic acids is 2. The molecule has 0 spiro atoms. The van der Waals surface area contributed by atoms with E-state index in [4.69, 9.17) is 4.74 Å². The summed E-state index contributed by atoms with van der Waals surface area (Å²) >= 11 is 0. The van der Waals surface area contributed by atoms with E-state index >= 15 is 4.39 Å². The molecule has 0 aromatic rings. The highest BCUT2D eigenvalue weighted by atomic mass is 19.1. The molecule has 2 N–H and O–H groups in total. The fraction of sp³-hybridized carbons (Fsp3) is 0.861. The zero-order valence-electron chi connectivity index (χ0n) is 27.7. The Kier molecular flexibility index (Phi) is 7.58. The van der Waals surface area contributed by atoms with Crippen LogP contribution in [0.15, 0.2) is 12.2 Å². The molecule has 0 aromatic heterocycles. The van der Waals surface area contributed by atoms with Crippen LogP contribution in [0.25, 0.3) is 0 Å². The van der Waals surface area contributed by atoms with Crippen molar-refractivity contribution in [3.05, 3.63) is 12.2 Å². The molecule has 1 unspecified atom stereocenters. The maximum atomic E-state index is 16.4. The van der Waals surface area contributed by atoms with Gasteiger partial charge < -0.3 is 14.9 Å². The number of alkyl halides is 1. The zero-order valence-corrected chi connectivity index (χ0v) is 27.7. The summed E-state index contributed by atoms with van der Waals surface area (Å²) in [6.07, 6.45) is 4.80. The summed E-state index contributed by atoms with van der Waals surface area (Å²) in [5.74, 6) is -1.31. The van der Waals surface area contributed by atoms with Crippen LogP contribution in [0.4, 0.5) is 4.39 Å². The number of carboxylic acid groups (broad SMARTS) is 2. The summed E-state index contributed by atoms with van der Waals surface area (Å²) < 4.78 is 22.3. The number of hydrogen-bond acceptors (Lipinski definition) is 4. The third-order valence-electron chi connectivity index (χ3n) is 14.8. The molecule has 242 valence electrons. The lowest BCUT2D eigenvalue weighted by Gasteiger charge is -2.73. The average Bonchev–Trinajstić information content (AvgIpc) is 3.28. The second kappa shape index (κ2) is 10.0. The molecule has 0 radical (unpaired) electrons. The molecule has 0 heterocycles. The molecule has 5 aliphatic carbocycles. The average molecular weight is 603 g/mol. The molecular weight excluding hydrogens is 547 g/mol. The SMILES string of the molecule is C=C(C)[C@@H]1CC[C@]2(C(=O)O)CC[C@]3(C)[C@H](CC[C@@H]4[C@@]5(C)CC(F)[C@H](OC(=O)CC(C)(C)C(=O)O)C(C)(C)[C@@H]5CC[C@]43C)[C@@H]12. The number of ether oxygens (including phenoxy) is 1. The van der Waals surface area contributed by atoms with Gasteiger partial charge in [0.1, 0.15) is 12.3 Å². The topological polar surface area (TPSA) is 101 Å². The van der Waals surface area contributed by atoms with Crippen LogP contribution < -0.4 is 0 Å². The first-order chi connectivity index (χ1) is 19.7. The highest BCUT2D eigenvalue weighted by Gasteiger charge is 2.73. The highest BCUT2D eigenvalue weighted by Crippen LogP contribution is 2.77. The summed E-state index contributed by atoms with van der Waals surface area (Å²) in [7, 11) is 0. The second-order valence-electron chi connectivity index (χ2n) is 17.5. The Hall–Kier alpha value is -1.92. The summed E-state index contributed by atoms with van der Waals surface area (Å²) in [5.41, 5.74) is -1.85. The second-order valence-corrected chi connectivity index (χ2v) is 17.5. The predicted octanol–water partition coefficient (Wildman–Crippen LogP) is 8.09. The quantitative estimate of drug-likeness (QED) is 0.235. The maximum Gasteiger partial charge on any atom is 0.309 e. The lowest BCUT2D eigenvalue weighted by molar-refractivity contribution is -0.260. The van der Waals surface area contributed by atoms with Crippen molar-refractivity contribution in [2.75, 3.05) is 0 Å². The number of hydrogen-bond donors (Lipinski definition) is 2. The van der Waals surface area contributed by atoms with Crippen molar-refractivity contribution in [2.24, 2.45) is 62.1 Å². The standard InChI is InChI=1S/C36H55FO6/c1-20(2)21-12-15-36(30(41)42)17-16-34(8)22(27(21)36)10-11-25-33(7)18-23(37)28(43-26(38)19-31(3,4)29(39)40)32(5,6)24(33)13-14-35(25,34)9/h21-25,27-28H,1,10-19H2,2-9H3,(H,39,40)(H,41,42)/t21-,22+,23?,24-,25+,27+,28-,33-,34+,35+,36-/m0/s1. The van der Waals surface area contributed by atoms with Gasteiger partial charge >= 0.3 is 17.9 Å².